The minimum Gasteiger partial charge on any atom is -0.398 e. The van der Waals surface area contributed by atoms with Gasteiger partial charge in [-0.05, 0) is 18.2 Å². The van der Waals surface area contributed by atoms with E-state index in [1.165, 1.54) is 18.4 Å². The van der Waals surface area contributed by atoms with Gasteiger partial charge in [0.25, 0.3) is 0 Å². The topological polar surface area (TPSA) is 124 Å². The van der Waals surface area contributed by atoms with Gasteiger partial charge in [0.05, 0.1) is 12.2 Å². The van der Waals surface area contributed by atoms with Gasteiger partial charge < -0.3 is 15.6 Å². The molecule has 96 valence electrons. The van der Waals surface area contributed by atoms with Crippen LogP contribution >= 0.6 is 0 Å². The smallest absolute Gasteiger partial charge is 0.240 e. The van der Waals surface area contributed by atoms with Crippen LogP contribution < -0.4 is 16.2 Å². The molecule has 0 radical (unpaired) electrons. The number of nitrogens with two attached hydrogens (primary N) is 2. The van der Waals surface area contributed by atoms with E-state index < -0.39 is 10.0 Å². The Morgan fingerprint density at radius 1 is 1.33 bits per heavy atom. The first-order valence-electron chi connectivity index (χ1n) is 5.02. The van der Waals surface area contributed by atoms with Gasteiger partial charge in [-0.2, -0.15) is 0 Å². The standard InChI is InChI=1S/C10H12N4O3S/c11-9-5-7(1-2-10(9)18(12,15)16)13-6-8-3-4-17-14-8/h1-5,13H,6,11H2,(H2,12,15,16). The number of anilines is 2. The lowest BCUT2D eigenvalue weighted by atomic mass is 10.2. The third-order valence-electron chi connectivity index (χ3n) is 2.28. The highest BCUT2D eigenvalue weighted by atomic mass is 32.2. The van der Waals surface area contributed by atoms with Crippen molar-refractivity contribution in [1.82, 2.24) is 5.16 Å². The number of aromatic nitrogens is 1. The van der Waals surface area contributed by atoms with Crippen molar-refractivity contribution in [3.05, 3.63) is 36.2 Å². The Labute approximate surface area is 104 Å². The number of hydrogen-bond donors (Lipinski definition) is 3. The molecule has 0 spiro atoms. The van der Waals surface area contributed by atoms with Crippen molar-refractivity contribution < 1.29 is 12.9 Å². The first-order chi connectivity index (χ1) is 8.47. The fraction of sp³-hybridized carbons (Fsp3) is 0.100. The van der Waals surface area contributed by atoms with Gasteiger partial charge in [0, 0.05) is 11.8 Å². The van der Waals surface area contributed by atoms with E-state index in [4.69, 9.17) is 10.9 Å². The average molecular weight is 268 g/mol. The summed E-state index contributed by atoms with van der Waals surface area (Å²) in [6, 6.07) is 6.15. The maximum Gasteiger partial charge on any atom is 0.240 e. The van der Waals surface area contributed by atoms with Gasteiger partial charge in [-0.1, -0.05) is 5.16 Å². The second kappa shape index (κ2) is 4.67. The second-order valence-electron chi connectivity index (χ2n) is 3.64. The summed E-state index contributed by atoms with van der Waals surface area (Å²) in [6.45, 7) is 0.449. The summed E-state index contributed by atoms with van der Waals surface area (Å²) in [4.78, 5) is -0.0884. The van der Waals surface area contributed by atoms with E-state index in [0.717, 1.165) is 5.69 Å². The number of nitrogens with zero attached hydrogens (tertiary/aromatic N) is 1. The number of benzene rings is 1. The normalized spacial score (nSPS) is 11.4. The van der Waals surface area contributed by atoms with E-state index in [0.29, 0.717) is 12.2 Å². The molecular weight excluding hydrogens is 256 g/mol. The molecule has 0 aliphatic carbocycles. The number of nitrogen functional groups attached to an aromatic ring is 1. The third-order valence-corrected chi connectivity index (χ3v) is 3.27. The molecule has 8 heteroatoms. The fourth-order valence-electron chi connectivity index (χ4n) is 1.44. The predicted molar refractivity (Wildman–Crippen MR) is 66.1 cm³/mol. The van der Waals surface area contributed by atoms with Gasteiger partial charge in [0.15, 0.2) is 0 Å². The number of nitrogens with one attached hydrogen (secondary N) is 1. The first-order valence-corrected chi connectivity index (χ1v) is 6.57. The van der Waals surface area contributed by atoms with Crippen molar-refractivity contribution in [2.75, 3.05) is 11.1 Å². The molecule has 1 aromatic heterocycles. The van der Waals surface area contributed by atoms with E-state index in [9.17, 15) is 8.42 Å². The van der Waals surface area contributed by atoms with Crippen LogP contribution in [0.3, 0.4) is 0 Å². The summed E-state index contributed by atoms with van der Waals surface area (Å²) in [5.41, 5.74) is 7.12. The van der Waals surface area contributed by atoms with Gasteiger partial charge in [-0.25, -0.2) is 13.6 Å². The van der Waals surface area contributed by atoms with Crippen LogP contribution in [0, 0.1) is 0 Å². The zero-order valence-electron chi connectivity index (χ0n) is 9.33. The SMILES string of the molecule is Nc1cc(NCc2ccon2)ccc1S(N)(=O)=O. The van der Waals surface area contributed by atoms with E-state index in [1.807, 2.05) is 0 Å². The predicted octanol–water partition coefficient (Wildman–Crippen LogP) is 0.516. The van der Waals surface area contributed by atoms with Crippen molar-refractivity contribution in [2.24, 2.45) is 5.14 Å². The maximum atomic E-state index is 11.2. The number of sulfonamides is 1. The fourth-order valence-corrected chi connectivity index (χ4v) is 2.08. The van der Waals surface area contributed by atoms with Crippen LogP contribution in [0.5, 0.6) is 0 Å². The molecule has 0 amide bonds. The summed E-state index contributed by atoms with van der Waals surface area (Å²) in [5.74, 6) is 0. The molecule has 1 heterocycles. The highest BCUT2D eigenvalue weighted by Gasteiger charge is 2.12. The number of rotatable bonds is 4. The van der Waals surface area contributed by atoms with E-state index in [1.54, 1.807) is 12.1 Å². The Morgan fingerprint density at radius 2 is 2.11 bits per heavy atom. The highest BCUT2D eigenvalue weighted by molar-refractivity contribution is 7.89. The van der Waals surface area contributed by atoms with E-state index in [-0.39, 0.29) is 10.6 Å². The lowest BCUT2D eigenvalue weighted by Crippen LogP contribution is -2.14. The molecule has 18 heavy (non-hydrogen) atoms. The molecule has 0 bridgehead atoms. The molecule has 5 N–H and O–H groups in total. The van der Waals surface area contributed by atoms with Crippen LogP contribution in [0.4, 0.5) is 11.4 Å². The number of primary sulfonamides is 1. The molecule has 0 fully saturated rings. The summed E-state index contributed by atoms with van der Waals surface area (Å²) in [7, 11) is -3.79. The monoisotopic (exact) mass is 268 g/mol. The third kappa shape index (κ3) is 2.79. The van der Waals surface area contributed by atoms with Crippen LogP contribution in [0.25, 0.3) is 0 Å². The highest BCUT2D eigenvalue weighted by Crippen LogP contribution is 2.21. The quantitative estimate of drug-likeness (QED) is 0.694. The molecule has 0 aliphatic heterocycles. The number of hydrogen-bond acceptors (Lipinski definition) is 6. The zero-order chi connectivity index (χ0) is 13.2. The van der Waals surface area contributed by atoms with E-state index >= 15 is 0 Å². The van der Waals surface area contributed by atoms with Crippen LogP contribution in [0.15, 0.2) is 39.9 Å². The van der Waals surface area contributed by atoms with Crippen LogP contribution in [-0.2, 0) is 16.6 Å². The van der Waals surface area contributed by atoms with Crippen molar-refractivity contribution >= 4 is 21.4 Å². The molecule has 2 rings (SSSR count). The summed E-state index contributed by atoms with van der Waals surface area (Å²) < 4.78 is 27.0. The lowest BCUT2D eigenvalue weighted by molar-refractivity contribution is 0.412. The van der Waals surface area contributed by atoms with E-state index in [2.05, 4.69) is 15.0 Å². The van der Waals surface area contributed by atoms with Crippen molar-refractivity contribution in [2.45, 2.75) is 11.4 Å². The summed E-state index contributed by atoms with van der Waals surface area (Å²) in [5, 5.41) is 11.8. The average Bonchev–Trinajstić information content (AvgIpc) is 2.77. The Bertz CT molecular complexity index is 637. The maximum absolute atomic E-state index is 11.2. The minimum atomic E-state index is -3.79. The van der Waals surface area contributed by atoms with Crippen molar-refractivity contribution in [3.8, 4) is 0 Å². The van der Waals surface area contributed by atoms with Gasteiger partial charge >= 0.3 is 0 Å². The summed E-state index contributed by atoms with van der Waals surface area (Å²) >= 11 is 0. The Balaban J connectivity index is 2.14. The molecule has 1 aromatic carbocycles. The van der Waals surface area contributed by atoms with Gasteiger partial charge in [0.1, 0.15) is 16.9 Å². The molecule has 7 nitrogen and oxygen atoms in total. The zero-order valence-corrected chi connectivity index (χ0v) is 10.1. The molecule has 0 saturated heterocycles. The molecular formula is C10H12N4O3S. The molecule has 2 aromatic rings. The van der Waals surface area contributed by atoms with Crippen LogP contribution in [0.1, 0.15) is 5.69 Å². The van der Waals surface area contributed by atoms with Crippen molar-refractivity contribution in [1.29, 1.82) is 0 Å². The lowest BCUT2D eigenvalue weighted by Gasteiger charge is -2.08. The van der Waals surface area contributed by atoms with Crippen molar-refractivity contribution in [3.63, 3.8) is 0 Å². The Hall–Kier alpha value is -2.06. The summed E-state index contributed by atoms with van der Waals surface area (Å²) in [6.07, 6.45) is 1.47. The second-order valence-corrected chi connectivity index (χ2v) is 5.17. The Kier molecular flexibility index (Phi) is 3.21. The largest absolute Gasteiger partial charge is 0.398 e. The van der Waals surface area contributed by atoms with Gasteiger partial charge in [-0.3, -0.25) is 0 Å². The first kappa shape index (κ1) is 12.4. The Morgan fingerprint density at radius 3 is 2.67 bits per heavy atom. The molecule has 0 aliphatic rings. The van der Waals surface area contributed by atoms with Gasteiger partial charge in [-0.15, -0.1) is 0 Å². The van der Waals surface area contributed by atoms with Crippen LogP contribution in [0.2, 0.25) is 0 Å². The molecule has 0 atom stereocenters. The molecule has 0 saturated carbocycles. The molecule has 0 unspecified atom stereocenters. The van der Waals surface area contributed by atoms with Crippen LogP contribution in [-0.4, -0.2) is 13.6 Å². The van der Waals surface area contributed by atoms with Gasteiger partial charge in [0.2, 0.25) is 10.0 Å². The minimum absolute atomic E-state index is 0.0884.